The molecule has 0 radical (unpaired) electrons. The lowest BCUT2D eigenvalue weighted by atomic mass is 10.3. The maximum atomic E-state index is 11.7. The van der Waals surface area contributed by atoms with E-state index in [1.807, 2.05) is 16.8 Å². The van der Waals surface area contributed by atoms with Crippen LogP contribution >= 0.6 is 11.3 Å². The smallest absolute Gasteiger partial charge is 0.276 e. The van der Waals surface area contributed by atoms with E-state index in [-0.39, 0.29) is 11.6 Å². The Morgan fingerprint density at radius 2 is 2.33 bits per heavy atom. The molecule has 3 N–H and O–H groups in total. The van der Waals surface area contributed by atoms with E-state index in [4.69, 9.17) is 5.73 Å². The third-order valence-corrected chi connectivity index (χ3v) is 2.52. The van der Waals surface area contributed by atoms with Gasteiger partial charge in [0.25, 0.3) is 5.91 Å². The minimum atomic E-state index is -0.286. The molecular formula is C10H9N3OS. The fourth-order valence-electron chi connectivity index (χ4n) is 1.13. The van der Waals surface area contributed by atoms with Crippen molar-refractivity contribution in [3.8, 4) is 0 Å². The number of thiophene rings is 1. The van der Waals surface area contributed by atoms with Gasteiger partial charge in [-0.2, -0.15) is 11.3 Å². The molecule has 0 atom stereocenters. The van der Waals surface area contributed by atoms with Crippen molar-refractivity contribution in [3.63, 3.8) is 0 Å². The van der Waals surface area contributed by atoms with Gasteiger partial charge in [-0.25, -0.2) is 4.98 Å². The highest BCUT2D eigenvalue weighted by atomic mass is 32.1. The number of aromatic nitrogens is 1. The number of nitrogen functional groups attached to an aromatic ring is 1. The topological polar surface area (TPSA) is 68.0 Å². The van der Waals surface area contributed by atoms with Crippen molar-refractivity contribution in [3.05, 3.63) is 40.8 Å². The van der Waals surface area contributed by atoms with Gasteiger partial charge in [-0.05, 0) is 23.6 Å². The van der Waals surface area contributed by atoms with Crippen molar-refractivity contribution < 1.29 is 4.79 Å². The predicted molar refractivity (Wildman–Crippen MR) is 60.9 cm³/mol. The number of pyridine rings is 1. The van der Waals surface area contributed by atoms with Gasteiger partial charge in [-0.15, -0.1) is 0 Å². The number of hydrogen-bond donors (Lipinski definition) is 2. The molecule has 0 fully saturated rings. The summed E-state index contributed by atoms with van der Waals surface area (Å²) >= 11 is 1.51. The Balaban J connectivity index is 2.19. The third kappa shape index (κ3) is 2.13. The molecule has 2 aromatic rings. The summed E-state index contributed by atoms with van der Waals surface area (Å²) in [6, 6.07) is 5.16. The molecule has 0 saturated carbocycles. The van der Waals surface area contributed by atoms with E-state index in [0.29, 0.717) is 5.69 Å². The first kappa shape index (κ1) is 9.67. The highest BCUT2D eigenvalue weighted by Gasteiger charge is 2.10. The largest absolute Gasteiger partial charge is 0.397 e. The summed E-state index contributed by atoms with van der Waals surface area (Å²) in [7, 11) is 0. The molecule has 76 valence electrons. The zero-order chi connectivity index (χ0) is 10.7. The van der Waals surface area contributed by atoms with Gasteiger partial charge in [0, 0.05) is 11.6 Å². The second-order valence-electron chi connectivity index (χ2n) is 2.91. The first-order valence-electron chi connectivity index (χ1n) is 4.31. The van der Waals surface area contributed by atoms with E-state index in [1.165, 1.54) is 11.3 Å². The third-order valence-electron chi connectivity index (χ3n) is 1.83. The second kappa shape index (κ2) is 4.10. The summed E-state index contributed by atoms with van der Waals surface area (Å²) in [5.41, 5.74) is 7.02. The maximum Gasteiger partial charge on any atom is 0.276 e. The fourth-order valence-corrected chi connectivity index (χ4v) is 1.72. The van der Waals surface area contributed by atoms with E-state index in [1.54, 1.807) is 18.3 Å². The Morgan fingerprint density at radius 1 is 1.47 bits per heavy atom. The Labute approximate surface area is 90.8 Å². The molecule has 1 amide bonds. The molecule has 0 saturated heterocycles. The van der Waals surface area contributed by atoms with E-state index in [2.05, 4.69) is 10.3 Å². The maximum absolute atomic E-state index is 11.7. The molecule has 2 rings (SSSR count). The number of hydrogen-bond acceptors (Lipinski definition) is 4. The van der Waals surface area contributed by atoms with Crippen molar-refractivity contribution in [1.82, 2.24) is 4.98 Å². The molecule has 15 heavy (non-hydrogen) atoms. The standard InChI is InChI=1S/C10H9N3OS/c11-8-2-1-4-12-9(8)10(14)13-7-3-5-15-6-7/h1-6H,11H2,(H,13,14). The molecule has 2 aromatic heterocycles. The Hall–Kier alpha value is -1.88. The van der Waals surface area contributed by atoms with Crippen LogP contribution in [0.2, 0.25) is 0 Å². The van der Waals surface area contributed by atoms with E-state index in [9.17, 15) is 4.79 Å². The quantitative estimate of drug-likeness (QED) is 0.811. The van der Waals surface area contributed by atoms with E-state index < -0.39 is 0 Å². The average Bonchev–Trinajstić information content (AvgIpc) is 2.71. The number of nitrogens with one attached hydrogen (secondary N) is 1. The van der Waals surface area contributed by atoms with Crippen LogP contribution in [0.4, 0.5) is 11.4 Å². The predicted octanol–water partition coefficient (Wildman–Crippen LogP) is 1.98. The van der Waals surface area contributed by atoms with Crippen LogP contribution in [-0.2, 0) is 0 Å². The lowest BCUT2D eigenvalue weighted by Gasteiger charge is -2.03. The number of nitrogens with zero attached hydrogens (tertiary/aromatic N) is 1. The Bertz CT molecular complexity index is 467. The first-order chi connectivity index (χ1) is 7.27. The lowest BCUT2D eigenvalue weighted by Crippen LogP contribution is -2.15. The van der Waals surface area contributed by atoms with Crippen LogP contribution in [0.25, 0.3) is 0 Å². The highest BCUT2D eigenvalue weighted by Crippen LogP contribution is 2.14. The second-order valence-corrected chi connectivity index (χ2v) is 3.69. The summed E-state index contributed by atoms with van der Waals surface area (Å²) in [5, 5.41) is 6.44. The number of anilines is 2. The van der Waals surface area contributed by atoms with Crippen LogP contribution in [-0.4, -0.2) is 10.9 Å². The van der Waals surface area contributed by atoms with Crippen molar-refractivity contribution >= 4 is 28.6 Å². The molecule has 0 aromatic carbocycles. The molecule has 0 spiro atoms. The van der Waals surface area contributed by atoms with Crippen molar-refractivity contribution in [2.45, 2.75) is 0 Å². The highest BCUT2D eigenvalue weighted by molar-refractivity contribution is 7.08. The molecule has 0 aliphatic rings. The van der Waals surface area contributed by atoms with Gasteiger partial charge in [-0.3, -0.25) is 4.79 Å². The van der Waals surface area contributed by atoms with E-state index in [0.717, 1.165) is 5.69 Å². The summed E-state index contributed by atoms with van der Waals surface area (Å²) in [6.07, 6.45) is 1.54. The summed E-state index contributed by atoms with van der Waals surface area (Å²) in [5.74, 6) is -0.286. The molecule has 0 unspecified atom stereocenters. The van der Waals surface area contributed by atoms with Crippen molar-refractivity contribution in [2.24, 2.45) is 0 Å². The molecule has 0 aliphatic heterocycles. The van der Waals surface area contributed by atoms with Gasteiger partial charge in [0.05, 0.1) is 11.4 Å². The Kier molecular flexibility index (Phi) is 2.64. The van der Waals surface area contributed by atoms with Crippen LogP contribution in [0.15, 0.2) is 35.2 Å². The molecule has 5 heteroatoms. The molecule has 0 bridgehead atoms. The normalized spacial score (nSPS) is 9.87. The van der Waals surface area contributed by atoms with Gasteiger partial charge in [0.2, 0.25) is 0 Å². The molecule has 0 aliphatic carbocycles. The minimum Gasteiger partial charge on any atom is -0.397 e. The molecule has 4 nitrogen and oxygen atoms in total. The van der Waals surface area contributed by atoms with Crippen molar-refractivity contribution in [2.75, 3.05) is 11.1 Å². The van der Waals surface area contributed by atoms with Crippen LogP contribution in [0.3, 0.4) is 0 Å². The van der Waals surface area contributed by atoms with Gasteiger partial charge >= 0.3 is 0 Å². The zero-order valence-electron chi connectivity index (χ0n) is 7.81. The summed E-state index contributed by atoms with van der Waals surface area (Å²) in [6.45, 7) is 0. The number of nitrogens with two attached hydrogens (primary N) is 1. The average molecular weight is 219 g/mol. The summed E-state index contributed by atoms with van der Waals surface area (Å²) < 4.78 is 0. The molecular weight excluding hydrogens is 210 g/mol. The summed E-state index contributed by atoms with van der Waals surface area (Å²) in [4.78, 5) is 15.6. The van der Waals surface area contributed by atoms with Crippen LogP contribution in [0.5, 0.6) is 0 Å². The number of amides is 1. The van der Waals surface area contributed by atoms with Crippen LogP contribution in [0.1, 0.15) is 10.5 Å². The van der Waals surface area contributed by atoms with Crippen LogP contribution in [0, 0.1) is 0 Å². The fraction of sp³-hybridized carbons (Fsp3) is 0. The van der Waals surface area contributed by atoms with Gasteiger partial charge in [-0.1, -0.05) is 0 Å². The van der Waals surface area contributed by atoms with Gasteiger partial charge < -0.3 is 11.1 Å². The number of rotatable bonds is 2. The first-order valence-corrected chi connectivity index (χ1v) is 5.25. The SMILES string of the molecule is Nc1cccnc1C(=O)Nc1ccsc1. The monoisotopic (exact) mass is 219 g/mol. The lowest BCUT2D eigenvalue weighted by molar-refractivity contribution is 0.102. The van der Waals surface area contributed by atoms with Crippen molar-refractivity contribution in [1.29, 1.82) is 0 Å². The molecule has 2 heterocycles. The Morgan fingerprint density at radius 3 is 3.00 bits per heavy atom. The van der Waals surface area contributed by atoms with Gasteiger partial charge in [0.1, 0.15) is 0 Å². The number of carbonyl (C=O) groups is 1. The van der Waals surface area contributed by atoms with Crippen LogP contribution < -0.4 is 11.1 Å². The van der Waals surface area contributed by atoms with Gasteiger partial charge in [0.15, 0.2) is 5.69 Å². The zero-order valence-corrected chi connectivity index (χ0v) is 8.62. The number of carbonyl (C=O) groups excluding carboxylic acids is 1. The van der Waals surface area contributed by atoms with E-state index >= 15 is 0 Å². The minimum absolute atomic E-state index is 0.253.